The molecule has 4 rings (SSSR count). The third-order valence-corrected chi connectivity index (χ3v) is 5.81. The fraction of sp³-hybridized carbons (Fsp3) is 0.500. The highest BCUT2D eigenvalue weighted by atomic mass is 19.4. The number of piperidine rings is 1. The molecule has 1 aromatic rings. The van der Waals surface area contributed by atoms with Gasteiger partial charge in [-0.3, -0.25) is 9.79 Å². The molecule has 0 aromatic heterocycles. The average Bonchev–Trinajstić information content (AvgIpc) is 3.25. The Hall–Kier alpha value is -2.15. The van der Waals surface area contributed by atoms with E-state index in [4.69, 9.17) is 0 Å². The van der Waals surface area contributed by atoms with Gasteiger partial charge >= 0.3 is 6.18 Å². The van der Waals surface area contributed by atoms with Gasteiger partial charge in [-0.15, -0.1) is 0 Å². The van der Waals surface area contributed by atoms with Gasteiger partial charge in [-0.25, -0.2) is 0 Å². The largest absolute Gasteiger partial charge is 0.416 e. The van der Waals surface area contributed by atoms with Crippen LogP contribution in [0.15, 0.2) is 40.4 Å². The third kappa shape index (κ3) is 3.29. The lowest BCUT2D eigenvalue weighted by Crippen LogP contribution is -2.42. The summed E-state index contributed by atoms with van der Waals surface area (Å²) in [6, 6.07) is 5.81. The molecule has 1 saturated heterocycles. The molecule has 1 N–H and O–H groups in total. The number of nitrogens with one attached hydrogen (secondary N) is 1. The Labute approximate surface area is 156 Å². The molecule has 0 saturated carbocycles. The molecular formula is C20H22F3N3O. The minimum absolute atomic E-state index is 0.0325. The number of likely N-dealkylation sites (tertiary alicyclic amines) is 1. The Morgan fingerprint density at radius 2 is 1.89 bits per heavy atom. The molecule has 1 amide bonds. The number of nitrogens with zero attached hydrogens (tertiary/aromatic N) is 2. The van der Waals surface area contributed by atoms with Crippen LogP contribution in [0, 0.1) is 0 Å². The van der Waals surface area contributed by atoms with E-state index >= 15 is 0 Å². The molecule has 0 radical (unpaired) electrons. The minimum Gasteiger partial charge on any atom is -0.337 e. The molecule has 4 nitrogen and oxygen atoms in total. The molecule has 3 aliphatic heterocycles. The van der Waals surface area contributed by atoms with Crippen LogP contribution in [-0.4, -0.2) is 48.7 Å². The number of benzene rings is 1. The van der Waals surface area contributed by atoms with Gasteiger partial charge in [0, 0.05) is 26.2 Å². The van der Waals surface area contributed by atoms with E-state index in [0.717, 1.165) is 18.2 Å². The summed E-state index contributed by atoms with van der Waals surface area (Å²) in [5, 5.41) is 3.26. The Kier molecular flexibility index (Phi) is 4.58. The highest BCUT2D eigenvalue weighted by molar-refractivity contribution is 6.46. The van der Waals surface area contributed by atoms with Crippen LogP contribution in [0.2, 0.25) is 0 Å². The fourth-order valence-electron chi connectivity index (χ4n) is 4.37. The van der Waals surface area contributed by atoms with Crippen molar-refractivity contribution in [1.29, 1.82) is 0 Å². The van der Waals surface area contributed by atoms with Gasteiger partial charge < -0.3 is 10.2 Å². The van der Waals surface area contributed by atoms with E-state index in [1.807, 2.05) is 6.92 Å². The summed E-state index contributed by atoms with van der Waals surface area (Å²) in [6.45, 7) is 4.34. The zero-order valence-electron chi connectivity index (χ0n) is 15.1. The molecular weight excluding hydrogens is 355 g/mol. The molecule has 0 spiro atoms. The molecule has 27 heavy (non-hydrogen) atoms. The number of amides is 1. The Balaban J connectivity index is 1.46. The summed E-state index contributed by atoms with van der Waals surface area (Å²) in [4.78, 5) is 19.2. The van der Waals surface area contributed by atoms with Crippen LogP contribution in [-0.2, 0) is 11.0 Å². The van der Waals surface area contributed by atoms with E-state index in [0.29, 0.717) is 43.8 Å². The molecule has 0 aliphatic carbocycles. The van der Waals surface area contributed by atoms with Crippen molar-refractivity contribution in [2.75, 3.05) is 26.2 Å². The molecule has 1 aromatic carbocycles. The van der Waals surface area contributed by atoms with E-state index in [-0.39, 0.29) is 17.9 Å². The number of rotatable bonds is 2. The van der Waals surface area contributed by atoms with Gasteiger partial charge in [0.05, 0.1) is 11.6 Å². The van der Waals surface area contributed by atoms with Crippen molar-refractivity contribution in [3.63, 3.8) is 0 Å². The lowest BCUT2D eigenvalue weighted by molar-refractivity contribution is -0.138. The number of hydrogen-bond acceptors (Lipinski definition) is 3. The zero-order chi connectivity index (χ0) is 19.2. The van der Waals surface area contributed by atoms with Crippen LogP contribution < -0.4 is 5.32 Å². The predicted molar refractivity (Wildman–Crippen MR) is 96.8 cm³/mol. The molecule has 7 heteroatoms. The second kappa shape index (κ2) is 6.78. The minimum atomic E-state index is -4.35. The van der Waals surface area contributed by atoms with Gasteiger partial charge in [0.1, 0.15) is 5.71 Å². The maximum absolute atomic E-state index is 13.3. The van der Waals surface area contributed by atoms with Crippen LogP contribution in [0.5, 0.6) is 0 Å². The molecule has 3 heterocycles. The van der Waals surface area contributed by atoms with Crippen LogP contribution in [0.4, 0.5) is 13.2 Å². The number of halogens is 3. The van der Waals surface area contributed by atoms with E-state index in [2.05, 4.69) is 10.3 Å². The van der Waals surface area contributed by atoms with E-state index in [9.17, 15) is 18.0 Å². The second-order valence-electron chi connectivity index (χ2n) is 7.41. The molecule has 1 atom stereocenters. The predicted octanol–water partition coefficient (Wildman–Crippen LogP) is 3.15. The third-order valence-electron chi connectivity index (χ3n) is 5.81. The quantitative estimate of drug-likeness (QED) is 0.861. The molecule has 3 aliphatic rings. The van der Waals surface area contributed by atoms with Crippen molar-refractivity contribution < 1.29 is 18.0 Å². The molecule has 0 bridgehead atoms. The van der Waals surface area contributed by atoms with E-state index in [1.165, 1.54) is 11.6 Å². The topological polar surface area (TPSA) is 44.7 Å². The van der Waals surface area contributed by atoms with Gasteiger partial charge in [0.15, 0.2) is 0 Å². The van der Waals surface area contributed by atoms with Crippen molar-refractivity contribution >= 4 is 11.6 Å². The summed E-state index contributed by atoms with van der Waals surface area (Å²) in [6.07, 6.45) is -3.28. The number of carbonyl (C=O) groups excluding carboxylic acids is 1. The first-order chi connectivity index (χ1) is 12.9. The lowest BCUT2D eigenvalue weighted by Gasteiger charge is -2.33. The fourth-order valence-corrected chi connectivity index (χ4v) is 4.37. The maximum atomic E-state index is 13.3. The molecule has 1 fully saturated rings. The van der Waals surface area contributed by atoms with E-state index < -0.39 is 11.7 Å². The summed E-state index contributed by atoms with van der Waals surface area (Å²) in [7, 11) is 0. The van der Waals surface area contributed by atoms with Gasteiger partial charge in [-0.05, 0) is 48.5 Å². The standard InChI is InChI=1S/C20H22F3N3O/c1-12-15-10-24-11-16(15)18(25-12)19(27)26-8-6-13(7-9-26)14-4-2-3-5-17(14)20(21,22)23/h2-5,12-13,24H,6-11H2,1H3. The van der Waals surface area contributed by atoms with Gasteiger partial charge in [0.25, 0.3) is 5.91 Å². The smallest absolute Gasteiger partial charge is 0.337 e. The van der Waals surface area contributed by atoms with Crippen LogP contribution in [0.1, 0.15) is 36.8 Å². The highest BCUT2D eigenvalue weighted by Gasteiger charge is 2.38. The first kappa shape index (κ1) is 18.2. The highest BCUT2D eigenvalue weighted by Crippen LogP contribution is 2.38. The monoisotopic (exact) mass is 377 g/mol. The van der Waals surface area contributed by atoms with Crippen molar-refractivity contribution in [1.82, 2.24) is 10.2 Å². The van der Waals surface area contributed by atoms with Gasteiger partial charge in [-0.2, -0.15) is 13.2 Å². The summed E-state index contributed by atoms with van der Waals surface area (Å²) in [5.41, 5.74) is 2.52. The maximum Gasteiger partial charge on any atom is 0.416 e. The number of aliphatic imine (C=N–C) groups is 1. The van der Waals surface area contributed by atoms with Crippen LogP contribution in [0.3, 0.4) is 0 Å². The van der Waals surface area contributed by atoms with Crippen molar-refractivity contribution in [3.05, 3.63) is 46.5 Å². The van der Waals surface area contributed by atoms with E-state index in [1.54, 1.807) is 17.0 Å². The van der Waals surface area contributed by atoms with Gasteiger partial charge in [-0.1, -0.05) is 18.2 Å². The Morgan fingerprint density at radius 1 is 1.19 bits per heavy atom. The Morgan fingerprint density at radius 3 is 2.59 bits per heavy atom. The molecule has 144 valence electrons. The Bertz CT molecular complexity index is 820. The number of alkyl halides is 3. The second-order valence-corrected chi connectivity index (χ2v) is 7.41. The zero-order valence-corrected chi connectivity index (χ0v) is 15.1. The van der Waals surface area contributed by atoms with Crippen LogP contribution >= 0.6 is 0 Å². The summed E-state index contributed by atoms with van der Waals surface area (Å²) in [5.74, 6) is -0.266. The average molecular weight is 377 g/mol. The van der Waals surface area contributed by atoms with Crippen molar-refractivity contribution in [2.24, 2.45) is 4.99 Å². The molecule has 1 unspecified atom stereocenters. The number of carbonyl (C=O) groups is 1. The van der Waals surface area contributed by atoms with Crippen LogP contribution in [0.25, 0.3) is 0 Å². The summed E-state index contributed by atoms with van der Waals surface area (Å²) >= 11 is 0. The van der Waals surface area contributed by atoms with Gasteiger partial charge in [0.2, 0.25) is 0 Å². The van der Waals surface area contributed by atoms with Crippen molar-refractivity contribution in [3.8, 4) is 0 Å². The SMILES string of the molecule is CC1N=C(C(=O)N2CCC(c3ccccc3C(F)(F)F)CC2)C2=C1CNC2. The van der Waals surface area contributed by atoms with Crippen molar-refractivity contribution in [2.45, 2.75) is 37.9 Å². The summed E-state index contributed by atoms with van der Waals surface area (Å²) < 4.78 is 39.8. The number of hydrogen-bond donors (Lipinski definition) is 1. The normalized spacial score (nSPS) is 23.6. The first-order valence-corrected chi connectivity index (χ1v) is 9.32. The first-order valence-electron chi connectivity index (χ1n) is 9.32. The lowest BCUT2D eigenvalue weighted by atomic mass is 9.86.